The molecule has 0 amide bonds. The van der Waals surface area contributed by atoms with Crippen LogP contribution in [0.5, 0.6) is 0 Å². The molecule has 0 aromatic heterocycles. The van der Waals surface area contributed by atoms with Gasteiger partial charge in [0, 0.05) is 20.2 Å². The van der Waals surface area contributed by atoms with E-state index in [-0.39, 0.29) is 0 Å². The van der Waals surface area contributed by atoms with E-state index in [9.17, 15) is 0 Å². The molecule has 2 heteroatoms. The summed E-state index contributed by atoms with van der Waals surface area (Å²) in [5.74, 6) is 0.797. The molecule has 0 heterocycles. The first-order valence-corrected chi connectivity index (χ1v) is 8.42. The Bertz CT molecular complexity index is 421. The van der Waals surface area contributed by atoms with E-state index in [0.717, 1.165) is 19.0 Å². The number of nitrogens with one attached hydrogen (secondary N) is 1. The van der Waals surface area contributed by atoms with Gasteiger partial charge in [-0.15, -0.1) is 0 Å². The minimum atomic E-state index is 0.546. The van der Waals surface area contributed by atoms with Crippen molar-refractivity contribution in [2.75, 3.05) is 13.7 Å². The Morgan fingerprint density at radius 1 is 1.14 bits per heavy atom. The van der Waals surface area contributed by atoms with Gasteiger partial charge < -0.3 is 10.1 Å². The Balaban J connectivity index is 1.90. The van der Waals surface area contributed by atoms with Crippen LogP contribution in [-0.4, -0.2) is 13.7 Å². The summed E-state index contributed by atoms with van der Waals surface area (Å²) in [5.41, 5.74) is 3.22. The molecule has 21 heavy (non-hydrogen) atoms. The summed E-state index contributed by atoms with van der Waals surface area (Å²) < 4.78 is 5.29. The Morgan fingerprint density at radius 2 is 1.81 bits per heavy atom. The van der Waals surface area contributed by atoms with Crippen molar-refractivity contribution in [3.05, 3.63) is 35.4 Å². The van der Waals surface area contributed by atoms with E-state index in [1.807, 2.05) is 0 Å². The first kappa shape index (κ1) is 16.5. The molecule has 2 nitrogen and oxygen atoms in total. The maximum atomic E-state index is 5.29. The summed E-state index contributed by atoms with van der Waals surface area (Å²) in [6, 6.07) is 8.59. The zero-order valence-corrected chi connectivity index (χ0v) is 14.0. The molecule has 0 atom stereocenters. The van der Waals surface area contributed by atoms with Gasteiger partial charge in [-0.05, 0) is 41.7 Å². The van der Waals surface area contributed by atoms with Crippen LogP contribution in [-0.2, 0) is 17.9 Å². The fraction of sp³-hybridized carbons (Fsp3) is 0.684. The van der Waals surface area contributed by atoms with Gasteiger partial charge in [0.1, 0.15) is 0 Å². The van der Waals surface area contributed by atoms with Crippen LogP contribution in [0.15, 0.2) is 24.3 Å². The SMILES string of the molecule is COCc1ccccc1CNCC1(CC(C)C)CCCC1. The predicted molar refractivity (Wildman–Crippen MR) is 89.2 cm³/mol. The van der Waals surface area contributed by atoms with Gasteiger partial charge in [-0.3, -0.25) is 0 Å². The first-order valence-electron chi connectivity index (χ1n) is 8.42. The van der Waals surface area contributed by atoms with Gasteiger partial charge in [-0.1, -0.05) is 51.0 Å². The highest BCUT2D eigenvalue weighted by Gasteiger charge is 2.33. The van der Waals surface area contributed by atoms with Crippen LogP contribution in [0.3, 0.4) is 0 Å². The fourth-order valence-corrected chi connectivity index (χ4v) is 3.93. The first-order chi connectivity index (χ1) is 10.2. The lowest BCUT2D eigenvalue weighted by atomic mass is 9.78. The molecule has 118 valence electrons. The second-order valence-corrected chi connectivity index (χ2v) is 7.11. The summed E-state index contributed by atoms with van der Waals surface area (Å²) in [4.78, 5) is 0. The maximum absolute atomic E-state index is 5.29. The van der Waals surface area contributed by atoms with Crippen LogP contribution in [0, 0.1) is 11.3 Å². The minimum Gasteiger partial charge on any atom is -0.380 e. The molecular weight excluding hydrogens is 258 g/mol. The molecule has 1 N–H and O–H groups in total. The molecule has 0 spiro atoms. The summed E-state index contributed by atoms with van der Waals surface area (Å²) in [6.45, 7) is 7.53. The molecule has 1 aromatic rings. The Morgan fingerprint density at radius 3 is 2.43 bits per heavy atom. The second-order valence-electron chi connectivity index (χ2n) is 7.11. The van der Waals surface area contributed by atoms with Gasteiger partial charge >= 0.3 is 0 Å². The lowest BCUT2D eigenvalue weighted by Crippen LogP contribution is -2.33. The zero-order valence-electron chi connectivity index (χ0n) is 14.0. The van der Waals surface area contributed by atoms with Crippen LogP contribution in [0.2, 0.25) is 0 Å². The van der Waals surface area contributed by atoms with Gasteiger partial charge in [-0.25, -0.2) is 0 Å². The Labute approximate surface area is 130 Å². The molecule has 1 aliphatic rings. The minimum absolute atomic E-state index is 0.546. The maximum Gasteiger partial charge on any atom is 0.0716 e. The van der Waals surface area contributed by atoms with E-state index >= 15 is 0 Å². The van der Waals surface area contributed by atoms with Crippen LogP contribution < -0.4 is 5.32 Å². The van der Waals surface area contributed by atoms with E-state index in [1.54, 1.807) is 7.11 Å². The van der Waals surface area contributed by atoms with Gasteiger partial charge in [0.15, 0.2) is 0 Å². The topological polar surface area (TPSA) is 21.3 Å². The van der Waals surface area contributed by atoms with Crippen molar-refractivity contribution in [3.63, 3.8) is 0 Å². The smallest absolute Gasteiger partial charge is 0.0716 e. The predicted octanol–water partition coefficient (Wildman–Crippen LogP) is 4.53. The van der Waals surface area contributed by atoms with Crippen molar-refractivity contribution >= 4 is 0 Å². The van der Waals surface area contributed by atoms with Crippen molar-refractivity contribution in [1.82, 2.24) is 5.32 Å². The van der Waals surface area contributed by atoms with Crippen LogP contribution in [0.25, 0.3) is 0 Å². The van der Waals surface area contributed by atoms with Crippen molar-refractivity contribution < 1.29 is 4.74 Å². The molecule has 0 bridgehead atoms. The largest absolute Gasteiger partial charge is 0.380 e. The average molecular weight is 289 g/mol. The van der Waals surface area contributed by atoms with Crippen molar-refractivity contribution in [2.24, 2.45) is 11.3 Å². The summed E-state index contributed by atoms with van der Waals surface area (Å²) in [7, 11) is 1.76. The zero-order chi connectivity index (χ0) is 15.1. The standard InChI is InChI=1S/C19H31NO/c1-16(2)12-19(10-6-7-11-19)15-20-13-17-8-4-5-9-18(17)14-21-3/h4-5,8-9,16,20H,6-7,10-15H2,1-3H3. The molecule has 0 radical (unpaired) electrons. The highest BCUT2D eigenvalue weighted by Crippen LogP contribution is 2.42. The number of hydrogen-bond acceptors (Lipinski definition) is 2. The number of methoxy groups -OCH3 is 1. The Kier molecular flexibility index (Phi) is 6.25. The fourth-order valence-electron chi connectivity index (χ4n) is 3.93. The molecule has 0 unspecified atom stereocenters. The average Bonchev–Trinajstić information content (AvgIpc) is 2.89. The van der Waals surface area contributed by atoms with E-state index in [2.05, 4.69) is 43.4 Å². The Hall–Kier alpha value is -0.860. The van der Waals surface area contributed by atoms with Crippen LogP contribution >= 0.6 is 0 Å². The van der Waals surface area contributed by atoms with E-state index in [0.29, 0.717) is 12.0 Å². The highest BCUT2D eigenvalue weighted by molar-refractivity contribution is 5.26. The molecular formula is C19H31NO. The lowest BCUT2D eigenvalue weighted by Gasteiger charge is -2.31. The van der Waals surface area contributed by atoms with E-state index in [4.69, 9.17) is 4.74 Å². The summed E-state index contributed by atoms with van der Waals surface area (Å²) in [5, 5.41) is 3.73. The number of hydrogen-bond donors (Lipinski definition) is 1. The third-order valence-electron chi connectivity index (χ3n) is 4.74. The van der Waals surface area contributed by atoms with Gasteiger partial charge in [-0.2, -0.15) is 0 Å². The molecule has 1 aromatic carbocycles. The van der Waals surface area contributed by atoms with Gasteiger partial charge in [0.2, 0.25) is 0 Å². The lowest BCUT2D eigenvalue weighted by molar-refractivity contribution is 0.183. The summed E-state index contributed by atoms with van der Waals surface area (Å²) in [6.07, 6.45) is 6.98. The van der Waals surface area contributed by atoms with Gasteiger partial charge in [0.25, 0.3) is 0 Å². The second kappa shape index (κ2) is 7.95. The van der Waals surface area contributed by atoms with Crippen molar-refractivity contribution in [3.8, 4) is 0 Å². The molecule has 2 rings (SSSR count). The van der Waals surface area contributed by atoms with Crippen molar-refractivity contribution in [2.45, 2.75) is 59.1 Å². The quantitative estimate of drug-likeness (QED) is 0.759. The third kappa shape index (κ3) is 4.82. The van der Waals surface area contributed by atoms with E-state index < -0.39 is 0 Å². The van der Waals surface area contributed by atoms with Crippen LogP contribution in [0.1, 0.15) is 57.1 Å². The molecule has 1 aliphatic carbocycles. The molecule has 0 saturated heterocycles. The monoisotopic (exact) mass is 289 g/mol. The molecule has 0 aliphatic heterocycles. The number of rotatable bonds is 8. The highest BCUT2D eigenvalue weighted by atomic mass is 16.5. The van der Waals surface area contributed by atoms with Crippen molar-refractivity contribution in [1.29, 1.82) is 0 Å². The van der Waals surface area contributed by atoms with Gasteiger partial charge in [0.05, 0.1) is 6.61 Å². The third-order valence-corrected chi connectivity index (χ3v) is 4.74. The number of ether oxygens (including phenoxy) is 1. The molecule has 1 fully saturated rings. The molecule has 1 saturated carbocycles. The van der Waals surface area contributed by atoms with E-state index in [1.165, 1.54) is 43.2 Å². The number of benzene rings is 1. The summed E-state index contributed by atoms with van der Waals surface area (Å²) >= 11 is 0. The van der Waals surface area contributed by atoms with Crippen LogP contribution in [0.4, 0.5) is 0 Å². The normalized spacial score (nSPS) is 17.5.